The van der Waals surface area contributed by atoms with Crippen LogP contribution in [0, 0.1) is 0 Å². The largest absolute Gasteiger partial charge is 0.322 e. The molecule has 0 aliphatic carbocycles. The van der Waals surface area contributed by atoms with E-state index in [1.165, 1.54) is 115 Å². The van der Waals surface area contributed by atoms with Crippen molar-refractivity contribution in [1.29, 1.82) is 0 Å². The van der Waals surface area contributed by atoms with Gasteiger partial charge in [0.05, 0.1) is 20.6 Å². The Bertz CT molecular complexity index is 464. The maximum Gasteiger partial charge on any atom is 0.114 e. The summed E-state index contributed by atoms with van der Waals surface area (Å²) in [6.45, 7) is 5.92. The molecule has 1 aromatic rings. The van der Waals surface area contributed by atoms with Gasteiger partial charge in [-0.1, -0.05) is 128 Å². The fourth-order valence-electron chi connectivity index (χ4n) is 4.74. The lowest BCUT2D eigenvalue weighted by Crippen LogP contribution is -2.44. The van der Waals surface area contributed by atoms with Gasteiger partial charge in [-0.3, -0.25) is 0 Å². The maximum atomic E-state index is 2.44. The van der Waals surface area contributed by atoms with Gasteiger partial charge in [0.2, 0.25) is 0 Å². The number of benzene rings is 1. The average Bonchev–Trinajstić information content (AvgIpc) is 2.72. The highest BCUT2D eigenvalue weighted by Gasteiger charge is 2.28. The normalized spacial score (nSPS) is 13.0. The number of rotatable bonds is 19. The smallest absolute Gasteiger partial charge is 0.114 e. The van der Waals surface area contributed by atoms with Crippen molar-refractivity contribution in [2.45, 2.75) is 123 Å². The van der Waals surface area contributed by atoms with Gasteiger partial charge in [0.15, 0.2) is 0 Å². The Morgan fingerprint density at radius 2 is 1.03 bits per heavy atom. The second-order valence-electron chi connectivity index (χ2n) is 9.81. The van der Waals surface area contributed by atoms with E-state index in [0.717, 1.165) is 4.48 Å². The summed E-state index contributed by atoms with van der Waals surface area (Å²) in [4.78, 5) is 0. The van der Waals surface area contributed by atoms with E-state index in [9.17, 15) is 0 Å². The van der Waals surface area contributed by atoms with Crippen LogP contribution in [-0.2, 0) is 0 Å². The zero-order valence-corrected chi connectivity index (χ0v) is 20.4. The summed E-state index contributed by atoms with van der Waals surface area (Å²) in [5, 5.41) is 0. The summed E-state index contributed by atoms with van der Waals surface area (Å²) < 4.78 is 1.14. The summed E-state index contributed by atoms with van der Waals surface area (Å²) >= 11 is 0. The number of hydrogen-bond donors (Lipinski definition) is 0. The molecule has 1 nitrogen and oxygen atoms in total. The summed E-state index contributed by atoms with van der Waals surface area (Å²) in [5.41, 5.74) is 1.52. The van der Waals surface area contributed by atoms with Crippen molar-refractivity contribution < 1.29 is 4.48 Å². The molecule has 0 radical (unpaired) electrons. The molecule has 0 aliphatic heterocycles. The van der Waals surface area contributed by atoms with Gasteiger partial charge in [-0.05, 0) is 12.8 Å². The van der Waals surface area contributed by atoms with E-state index in [1.807, 2.05) is 0 Å². The van der Waals surface area contributed by atoms with Crippen LogP contribution in [0.1, 0.15) is 128 Å². The van der Waals surface area contributed by atoms with Gasteiger partial charge in [0, 0.05) is 12.0 Å². The van der Waals surface area contributed by atoms with E-state index in [4.69, 9.17) is 0 Å². The number of hydrogen-bond acceptors (Lipinski definition) is 0. The van der Waals surface area contributed by atoms with Crippen LogP contribution in [0.25, 0.3) is 0 Å². The molecule has 0 aliphatic rings. The first-order valence-corrected chi connectivity index (χ1v) is 13.0. The topological polar surface area (TPSA) is 0 Å². The minimum absolute atomic E-state index is 0.642. The van der Waals surface area contributed by atoms with Crippen LogP contribution in [0.15, 0.2) is 30.3 Å². The van der Waals surface area contributed by atoms with Crippen molar-refractivity contribution in [1.82, 2.24) is 0 Å². The monoisotopic (exact) mass is 402 g/mol. The molecule has 0 N–H and O–H groups in total. The van der Waals surface area contributed by atoms with Crippen molar-refractivity contribution in [3.8, 4) is 0 Å². The fraction of sp³-hybridized carbons (Fsp3) is 0.786. The van der Waals surface area contributed by atoms with Crippen molar-refractivity contribution in [3.63, 3.8) is 0 Å². The summed E-state index contributed by atoms with van der Waals surface area (Å²) in [5.74, 6) is 0. The molecule has 29 heavy (non-hydrogen) atoms. The molecule has 1 rings (SSSR count). The highest BCUT2D eigenvalue weighted by atomic mass is 15.3. The first kappa shape index (κ1) is 26.2. The van der Waals surface area contributed by atoms with Gasteiger partial charge < -0.3 is 4.48 Å². The van der Waals surface area contributed by atoms with Crippen molar-refractivity contribution >= 4 is 0 Å². The van der Waals surface area contributed by atoms with Crippen LogP contribution in [0.5, 0.6) is 0 Å². The van der Waals surface area contributed by atoms with Gasteiger partial charge in [-0.15, -0.1) is 0 Å². The second-order valence-corrected chi connectivity index (χ2v) is 9.81. The molecule has 0 fully saturated rings. The SMILES string of the molecule is CCCCCCCCCCCCCCCC[N+](C)(C)C(CCC)c1ccccc1. The van der Waals surface area contributed by atoms with E-state index >= 15 is 0 Å². The predicted octanol–water partition coefficient (Wildman–Crippen LogP) is 9.09. The number of unbranched alkanes of at least 4 members (excludes halogenated alkanes) is 13. The second kappa shape index (κ2) is 16.9. The van der Waals surface area contributed by atoms with Crippen molar-refractivity contribution in [3.05, 3.63) is 35.9 Å². The Labute approximate surface area is 183 Å². The third-order valence-electron chi connectivity index (χ3n) is 6.68. The van der Waals surface area contributed by atoms with E-state index in [-0.39, 0.29) is 0 Å². The molecule has 1 heteroatoms. The zero-order chi connectivity index (χ0) is 21.2. The lowest BCUT2D eigenvalue weighted by atomic mass is 9.98. The molecule has 0 aromatic heterocycles. The van der Waals surface area contributed by atoms with Crippen LogP contribution < -0.4 is 0 Å². The van der Waals surface area contributed by atoms with Gasteiger partial charge >= 0.3 is 0 Å². The number of nitrogens with zero attached hydrogens (tertiary/aromatic N) is 1. The van der Waals surface area contributed by atoms with Crippen molar-refractivity contribution in [2.24, 2.45) is 0 Å². The summed E-state index contributed by atoms with van der Waals surface area (Å²) in [6.07, 6.45) is 22.7. The molecular weight excluding hydrogens is 350 g/mol. The molecule has 1 aromatic carbocycles. The first-order chi connectivity index (χ1) is 14.1. The Morgan fingerprint density at radius 1 is 0.586 bits per heavy atom. The van der Waals surface area contributed by atoms with Gasteiger partial charge in [-0.25, -0.2) is 0 Å². The zero-order valence-electron chi connectivity index (χ0n) is 20.4. The van der Waals surface area contributed by atoms with Crippen LogP contribution in [0.3, 0.4) is 0 Å². The van der Waals surface area contributed by atoms with Crippen LogP contribution in [0.4, 0.5) is 0 Å². The van der Waals surface area contributed by atoms with Gasteiger partial charge in [0.1, 0.15) is 6.04 Å². The molecule has 1 atom stereocenters. The quantitative estimate of drug-likeness (QED) is 0.160. The van der Waals surface area contributed by atoms with Gasteiger partial charge in [-0.2, -0.15) is 0 Å². The minimum Gasteiger partial charge on any atom is -0.322 e. The molecule has 0 saturated carbocycles. The number of quaternary nitrogens is 1. The van der Waals surface area contributed by atoms with E-state index in [2.05, 4.69) is 58.3 Å². The Kier molecular flexibility index (Phi) is 15.3. The summed E-state index contributed by atoms with van der Waals surface area (Å²) in [7, 11) is 4.88. The van der Waals surface area contributed by atoms with E-state index in [0.29, 0.717) is 6.04 Å². The minimum atomic E-state index is 0.642. The standard InChI is InChI=1S/C28H52N/c1-5-7-8-9-10-11-12-13-14-15-16-17-18-22-26-29(3,4)28(23-6-2)27-24-20-19-21-25-27/h19-21,24-25,28H,5-18,22-23,26H2,1-4H3/q+1. The molecule has 0 bridgehead atoms. The highest BCUT2D eigenvalue weighted by Crippen LogP contribution is 2.30. The molecule has 1 unspecified atom stereocenters. The molecule has 0 amide bonds. The average molecular weight is 403 g/mol. The predicted molar refractivity (Wildman–Crippen MR) is 131 cm³/mol. The molecule has 168 valence electrons. The lowest BCUT2D eigenvalue weighted by molar-refractivity contribution is -0.921. The Morgan fingerprint density at radius 3 is 1.48 bits per heavy atom. The first-order valence-electron chi connectivity index (χ1n) is 13.0. The van der Waals surface area contributed by atoms with Crippen LogP contribution in [0.2, 0.25) is 0 Å². The lowest BCUT2D eigenvalue weighted by Gasteiger charge is -2.38. The van der Waals surface area contributed by atoms with Gasteiger partial charge in [0.25, 0.3) is 0 Å². The highest BCUT2D eigenvalue weighted by molar-refractivity contribution is 5.17. The van der Waals surface area contributed by atoms with E-state index in [1.54, 1.807) is 0 Å². The van der Waals surface area contributed by atoms with Crippen molar-refractivity contribution in [2.75, 3.05) is 20.6 Å². The molecule has 0 saturated heterocycles. The Balaban J connectivity index is 2.07. The maximum absolute atomic E-state index is 2.44. The summed E-state index contributed by atoms with van der Waals surface area (Å²) in [6, 6.07) is 11.8. The molecule has 0 heterocycles. The van der Waals surface area contributed by atoms with Crippen LogP contribution >= 0.6 is 0 Å². The van der Waals surface area contributed by atoms with E-state index < -0.39 is 0 Å². The third kappa shape index (κ3) is 12.5. The van der Waals surface area contributed by atoms with Crippen LogP contribution in [-0.4, -0.2) is 25.1 Å². The Hall–Kier alpha value is -0.820. The molecule has 0 spiro atoms. The third-order valence-corrected chi connectivity index (χ3v) is 6.68. The molecular formula is C28H52N+. The fourth-order valence-corrected chi connectivity index (χ4v) is 4.74.